The molecule has 0 amide bonds. The highest BCUT2D eigenvalue weighted by Gasteiger charge is 2.22. The molecule has 1 aliphatic rings. The van der Waals surface area contributed by atoms with Crippen LogP contribution in [0.25, 0.3) is 0 Å². The molecule has 1 aliphatic heterocycles. The molecular formula is C21H26ClFN2O. The number of nitrogens with zero attached hydrogens (tertiary/aromatic N) is 1. The van der Waals surface area contributed by atoms with E-state index in [1.807, 2.05) is 24.3 Å². The molecule has 0 radical (unpaired) electrons. The predicted molar refractivity (Wildman–Crippen MR) is 104 cm³/mol. The Labute approximate surface area is 160 Å². The van der Waals surface area contributed by atoms with E-state index >= 15 is 0 Å². The minimum Gasteiger partial charge on any atom is -0.488 e. The van der Waals surface area contributed by atoms with E-state index in [0.717, 1.165) is 30.9 Å². The van der Waals surface area contributed by atoms with Crippen LogP contribution in [0.4, 0.5) is 4.39 Å². The largest absolute Gasteiger partial charge is 0.488 e. The third-order valence-electron chi connectivity index (χ3n) is 5.01. The Morgan fingerprint density at radius 3 is 2.88 bits per heavy atom. The number of halogens is 2. The first kappa shape index (κ1) is 19.2. The van der Waals surface area contributed by atoms with Crippen molar-refractivity contribution < 1.29 is 9.13 Å². The molecule has 1 heterocycles. The third-order valence-corrected chi connectivity index (χ3v) is 5.36. The highest BCUT2D eigenvalue weighted by Crippen LogP contribution is 2.24. The smallest absolute Gasteiger partial charge is 0.131 e. The Morgan fingerprint density at radius 1 is 1.23 bits per heavy atom. The first-order valence-corrected chi connectivity index (χ1v) is 9.65. The summed E-state index contributed by atoms with van der Waals surface area (Å²) < 4.78 is 19.8. The van der Waals surface area contributed by atoms with Crippen LogP contribution in [0.2, 0.25) is 5.02 Å². The molecule has 0 aromatic heterocycles. The second-order valence-corrected chi connectivity index (χ2v) is 7.06. The van der Waals surface area contributed by atoms with Gasteiger partial charge in [0.2, 0.25) is 0 Å². The quantitative estimate of drug-likeness (QED) is 0.726. The number of hydrogen-bond acceptors (Lipinski definition) is 3. The lowest BCUT2D eigenvalue weighted by molar-refractivity contribution is 0.258. The zero-order valence-electron chi connectivity index (χ0n) is 15.2. The Kier molecular flexibility index (Phi) is 6.89. The number of rotatable bonds is 8. The molecule has 2 aromatic rings. The minimum absolute atomic E-state index is 0.120. The van der Waals surface area contributed by atoms with Gasteiger partial charge in [0.25, 0.3) is 0 Å². The van der Waals surface area contributed by atoms with Crippen LogP contribution in [0.3, 0.4) is 0 Å². The summed E-state index contributed by atoms with van der Waals surface area (Å²) in [6.45, 7) is 6.35. The number of likely N-dealkylation sites (N-methyl/N-ethyl adjacent to an activating group) is 1. The monoisotopic (exact) mass is 376 g/mol. The molecule has 3 rings (SSSR count). The zero-order valence-corrected chi connectivity index (χ0v) is 15.9. The molecule has 140 valence electrons. The van der Waals surface area contributed by atoms with Crippen molar-refractivity contribution >= 4 is 11.6 Å². The van der Waals surface area contributed by atoms with Crippen molar-refractivity contribution in [3.05, 3.63) is 64.4 Å². The van der Waals surface area contributed by atoms with Crippen LogP contribution in [0.5, 0.6) is 5.75 Å². The van der Waals surface area contributed by atoms with Gasteiger partial charge in [0.1, 0.15) is 18.2 Å². The predicted octanol–water partition coefficient (Wildman–Crippen LogP) is 4.63. The van der Waals surface area contributed by atoms with Crippen molar-refractivity contribution in [1.29, 1.82) is 0 Å². The Morgan fingerprint density at radius 2 is 2.08 bits per heavy atom. The first-order valence-electron chi connectivity index (χ1n) is 9.27. The summed E-state index contributed by atoms with van der Waals surface area (Å²) in [7, 11) is 0. The van der Waals surface area contributed by atoms with Crippen LogP contribution in [-0.4, -0.2) is 30.6 Å². The molecular weight excluding hydrogens is 351 g/mol. The molecule has 2 aromatic carbocycles. The molecule has 1 atom stereocenters. The molecule has 0 spiro atoms. The Hall–Kier alpha value is -1.62. The maximum atomic E-state index is 13.9. The Bertz CT molecular complexity index is 705. The molecule has 0 aliphatic carbocycles. The average Bonchev–Trinajstić information content (AvgIpc) is 3.10. The maximum Gasteiger partial charge on any atom is 0.131 e. The van der Waals surface area contributed by atoms with Gasteiger partial charge < -0.3 is 10.1 Å². The third kappa shape index (κ3) is 4.76. The van der Waals surface area contributed by atoms with Crippen LogP contribution in [0, 0.1) is 5.82 Å². The fourth-order valence-corrected chi connectivity index (χ4v) is 3.74. The van der Waals surface area contributed by atoms with Crippen molar-refractivity contribution in [2.75, 3.05) is 19.6 Å². The van der Waals surface area contributed by atoms with Crippen molar-refractivity contribution in [3.8, 4) is 5.75 Å². The summed E-state index contributed by atoms with van der Waals surface area (Å²) >= 11 is 6.08. The molecule has 1 fully saturated rings. The van der Waals surface area contributed by atoms with E-state index in [2.05, 4.69) is 17.1 Å². The lowest BCUT2D eigenvalue weighted by Gasteiger charge is -2.23. The van der Waals surface area contributed by atoms with Gasteiger partial charge in [-0.1, -0.05) is 42.8 Å². The molecule has 0 saturated carbocycles. The Balaban J connectivity index is 1.58. The van der Waals surface area contributed by atoms with Crippen LogP contribution in [0.15, 0.2) is 42.5 Å². The SMILES string of the molecule is CCN1CCC[C@@H]1CNCc1ccccc1OCc1c(F)cccc1Cl. The molecule has 1 N–H and O–H groups in total. The minimum atomic E-state index is -0.339. The molecule has 3 nitrogen and oxygen atoms in total. The molecule has 0 bridgehead atoms. The fraction of sp³-hybridized carbons (Fsp3) is 0.429. The van der Waals surface area contributed by atoms with Crippen LogP contribution in [0.1, 0.15) is 30.9 Å². The summed E-state index contributed by atoms with van der Waals surface area (Å²) in [5, 5.41) is 3.94. The summed E-state index contributed by atoms with van der Waals surface area (Å²) in [5.74, 6) is 0.423. The van der Waals surface area contributed by atoms with Crippen molar-refractivity contribution in [3.63, 3.8) is 0 Å². The van der Waals surface area contributed by atoms with Gasteiger partial charge in [-0.25, -0.2) is 4.39 Å². The zero-order chi connectivity index (χ0) is 18.4. The van der Waals surface area contributed by atoms with Crippen molar-refractivity contribution in [2.24, 2.45) is 0 Å². The number of ether oxygens (including phenoxy) is 1. The second kappa shape index (κ2) is 9.36. The molecule has 0 unspecified atom stereocenters. The summed E-state index contributed by atoms with van der Waals surface area (Å²) in [4.78, 5) is 2.52. The normalized spacial score (nSPS) is 17.6. The van der Waals surface area contributed by atoms with E-state index < -0.39 is 0 Å². The van der Waals surface area contributed by atoms with E-state index in [1.54, 1.807) is 12.1 Å². The van der Waals surface area contributed by atoms with Gasteiger partial charge in [-0.05, 0) is 44.1 Å². The van der Waals surface area contributed by atoms with Crippen molar-refractivity contribution in [1.82, 2.24) is 10.2 Å². The number of benzene rings is 2. The first-order chi connectivity index (χ1) is 12.7. The summed E-state index contributed by atoms with van der Waals surface area (Å²) in [6.07, 6.45) is 2.54. The number of para-hydroxylation sites is 1. The summed E-state index contributed by atoms with van der Waals surface area (Å²) in [5.41, 5.74) is 1.46. The molecule has 26 heavy (non-hydrogen) atoms. The van der Waals surface area contributed by atoms with Crippen LogP contribution < -0.4 is 10.1 Å². The number of hydrogen-bond donors (Lipinski definition) is 1. The highest BCUT2D eigenvalue weighted by molar-refractivity contribution is 6.31. The van der Waals surface area contributed by atoms with Gasteiger partial charge in [-0.15, -0.1) is 0 Å². The second-order valence-electron chi connectivity index (χ2n) is 6.65. The van der Waals surface area contributed by atoms with Gasteiger partial charge in [0, 0.05) is 30.3 Å². The maximum absolute atomic E-state index is 13.9. The van der Waals surface area contributed by atoms with E-state index in [4.69, 9.17) is 16.3 Å². The van der Waals surface area contributed by atoms with Crippen LogP contribution in [-0.2, 0) is 13.2 Å². The topological polar surface area (TPSA) is 24.5 Å². The van der Waals surface area contributed by atoms with Crippen molar-refractivity contribution in [2.45, 2.75) is 39.0 Å². The fourth-order valence-electron chi connectivity index (χ4n) is 3.53. The van der Waals surface area contributed by atoms with Crippen LogP contribution >= 0.6 is 11.6 Å². The van der Waals surface area contributed by atoms with Gasteiger partial charge >= 0.3 is 0 Å². The molecule has 1 saturated heterocycles. The van der Waals surface area contributed by atoms with Gasteiger partial charge in [-0.3, -0.25) is 4.90 Å². The lowest BCUT2D eigenvalue weighted by atomic mass is 10.1. The summed E-state index contributed by atoms with van der Waals surface area (Å²) in [6, 6.07) is 13.2. The van der Waals surface area contributed by atoms with Gasteiger partial charge in [0.05, 0.1) is 5.02 Å². The van der Waals surface area contributed by atoms with E-state index in [9.17, 15) is 4.39 Å². The van der Waals surface area contributed by atoms with E-state index in [1.165, 1.54) is 25.5 Å². The van der Waals surface area contributed by atoms with E-state index in [-0.39, 0.29) is 12.4 Å². The van der Waals surface area contributed by atoms with Gasteiger partial charge in [0.15, 0.2) is 0 Å². The number of nitrogens with one attached hydrogen (secondary N) is 1. The lowest BCUT2D eigenvalue weighted by Crippen LogP contribution is -2.37. The molecule has 5 heteroatoms. The highest BCUT2D eigenvalue weighted by atomic mass is 35.5. The standard InChI is InChI=1S/C21H26ClFN2O/c1-2-25-12-6-8-17(25)14-24-13-16-7-3-4-11-21(16)26-15-18-19(22)9-5-10-20(18)23/h3-5,7,9-11,17,24H,2,6,8,12-15H2,1H3/t17-/m1/s1. The average molecular weight is 377 g/mol. The van der Waals surface area contributed by atoms with Gasteiger partial charge in [-0.2, -0.15) is 0 Å². The number of likely N-dealkylation sites (tertiary alicyclic amines) is 1. The van der Waals surface area contributed by atoms with E-state index in [0.29, 0.717) is 16.6 Å².